The van der Waals surface area contributed by atoms with Crippen molar-refractivity contribution in [3.05, 3.63) is 59.4 Å². The summed E-state index contributed by atoms with van der Waals surface area (Å²) in [7, 11) is 0. The summed E-state index contributed by atoms with van der Waals surface area (Å²) in [6, 6.07) is 9.21. The van der Waals surface area contributed by atoms with E-state index in [1.807, 2.05) is 23.1 Å². The number of carbonyl (C=O) groups excluding carboxylic acids is 2. The lowest BCUT2D eigenvalue weighted by Gasteiger charge is -2.27. The number of amides is 2. The number of pyridine rings is 1. The van der Waals surface area contributed by atoms with Crippen LogP contribution in [0.25, 0.3) is 0 Å². The van der Waals surface area contributed by atoms with Crippen LogP contribution in [0.4, 0.5) is 5.69 Å². The maximum atomic E-state index is 13.5. The molecule has 2 N–H and O–H groups in total. The zero-order chi connectivity index (χ0) is 24.3. The molecule has 8 nitrogen and oxygen atoms in total. The molecular formula is C27H37N5O3. The van der Waals surface area contributed by atoms with Gasteiger partial charge in [-0.05, 0) is 55.3 Å². The summed E-state index contributed by atoms with van der Waals surface area (Å²) >= 11 is 0. The molecule has 35 heavy (non-hydrogen) atoms. The minimum absolute atomic E-state index is 0.0339. The van der Waals surface area contributed by atoms with Gasteiger partial charge in [0.2, 0.25) is 0 Å². The first-order valence-electron chi connectivity index (χ1n) is 12.9. The lowest BCUT2D eigenvalue weighted by atomic mass is 10.0. The summed E-state index contributed by atoms with van der Waals surface area (Å²) in [5.41, 5.74) is 3.07. The van der Waals surface area contributed by atoms with Crippen molar-refractivity contribution in [2.24, 2.45) is 0 Å². The van der Waals surface area contributed by atoms with Gasteiger partial charge in [0.15, 0.2) is 0 Å². The average molecular weight is 480 g/mol. The number of carbonyl (C=O) groups is 2. The van der Waals surface area contributed by atoms with Crippen LogP contribution < -0.4 is 15.5 Å². The number of hydrogen-bond acceptors (Lipinski definition) is 6. The number of aromatic nitrogens is 1. The third-order valence-corrected chi connectivity index (χ3v) is 6.67. The highest BCUT2D eigenvalue weighted by Gasteiger charge is 2.22. The molecule has 8 heteroatoms. The molecule has 1 aromatic carbocycles. The summed E-state index contributed by atoms with van der Waals surface area (Å²) in [6.45, 7) is 6.92. The van der Waals surface area contributed by atoms with Crippen LogP contribution in [0.2, 0.25) is 0 Å². The molecule has 0 saturated carbocycles. The van der Waals surface area contributed by atoms with E-state index < -0.39 is 0 Å². The van der Waals surface area contributed by atoms with Crippen molar-refractivity contribution in [1.29, 1.82) is 0 Å². The average Bonchev–Trinajstić information content (AvgIpc) is 2.90. The standard InChI is InChI=1S/C27H37N5O3/c33-26(30-13-15-31-16-18-35-19-17-31)23-6-7-25-24(20-23)21-29-10-4-2-1-3-5-14-32(25)27(34)22-8-11-28-12-9-22/h6-9,11-12,20,29H,1-5,10,13-19,21H2,(H,30,33). The van der Waals surface area contributed by atoms with E-state index in [1.165, 1.54) is 12.8 Å². The minimum Gasteiger partial charge on any atom is -0.379 e. The Morgan fingerprint density at radius 1 is 0.943 bits per heavy atom. The monoisotopic (exact) mass is 479 g/mol. The smallest absolute Gasteiger partial charge is 0.258 e. The molecule has 2 amide bonds. The van der Waals surface area contributed by atoms with Crippen molar-refractivity contribution >= 4 is 17.5 Å². The topological polar surface area (TPSA) is 86.8 Å². The van der Waals surface area contributed by atoms with E-state index in [4.69, 9.17) is 4.74 Å². The van der Waals surface area contributed by atoms with Gasteiger partial charge in [-0.2, -0.15) is 0 Å². The third kappa shape index (κ3) is 7.34. The number of rotatable bonds is 5. The van der Waals surface area contributed by atoms with Crippen molar-refractivity contribution in [2.75, 3.05) is 57.4 Å². The normalized spacial score (nSPS) is 18.1. The fourth-order valence-electron chi connectivity index (χ4n) is 4.64. The SMILES string of the molecule is O=C(NCCN1CCOCC1)c1ccc2c(c1)CNCCCCCCCN2C(=O)c1ccncc1. The Labute approximate surface area is 208 Å². The van der Waals surface area contributed by atoms with Crippen LogP contribution in [0.15, 0.2) is 42.7 Å². The highest BCUT2D eigenvalue weighted by Crippen LogP contribution is 2.26. The van der Waals surface area contributed by atoms with Gasteiger partial charge in [-0.3, -0.25) is 19.5 Å². The molecule has 1 fully saturated rings. The van der Waals surface area contributed by atoms with Gasteiger partial charge in [-0.1, -0.05) is 19.3 Å². The number of hydrogen-bond donors (Lipinski definition) is 2. The van der Waals surface area contributed by atoms with Crippen molar-refractivity contribution in [1.82, 2.24) is 20.5 Å². The first kappa shape index (κ1) is 25.3. The van der Waals surface area contributed by atoms with Gasteiger partial charge in [-0.25, -0.2) is 0 Å². The maximum Gasteiger partial charge on any atom is 0.258 e. The zero-order valence-corrected chi connectivity index (χ0v) is 20.5. The van der Waals surface area contributed by atoms with Gasteiger partial charge in [0.25, 0.3) is 11.8 Å². The summed E-state index contributed by atoms with van der Waals surface area (Å²) in [6.07, 6.45) is 8.84. The van der Waals surface area contributed by atoms with Crippen LogP contribution in [-0.2, 0) is 11.3 Å². The summed E-state index contributed by atoms with van der Waals surface area (Å²) in [5.74, 6) is -0.118. The second-order valence-electron chi connectivity index (χ2n) is 9.19. The van der Waals surface area contributed by atoms with Gasteiger partial charge >= 0.3 is 0 Å². The molecule has 1 aromatic heterocycles. The predicted octanol–water partition coefficient (Wildman–Crippen LogP) is 2.84. The van der Waals surface area contributed by atoms with E-state index in [-0.39, 0.29) is 11.8 Å². The molecular weight excluding hydrogens is 442 g/mol. The first-order chi connectivity index (χ1) is 17.2. The van der Waals surface area contributed by atoms with Crippen LogP contribution in [0, 0.1) is 0 Å². The van der Waals surface area contributed by atoms with Gasteiger partial charge < -0.3 is 20.3 Å². The summed E-state index contributed by atoms with van der Waals surface area (Å²) in [5, 5.41) is 6.56. The van der Waals surface area contributed by atoms with E-state index in [0.29, 0.717) is 30.8 Å². The quantitative estimate of drug-likeness (QED) is 0.686. The van der Waals surface area contributed by atoms with Gasteiger partial charge in [-0.15, -0.1) is 0 Å². The molecule has 3 heterocycles. The molecule has 2 aliphatic rings. The molecule has 0 bridgehead atoms. The van der Waals surface area contributed by atoms with Crippen molar-refractivity contribution in [3.63, 3.8) is 0 Å². The summed E-state index contributed by atoms with van der Waals surface area (Å²) < 4.78 is 5.39. The van der Waals surface area contributed by atoms with Gasteiger partial charge in [0.1, 0.15) is 0 Å². The number of morpholine rings is 1. The van der Waals surface area contributed by atoms with Gasteiger partial charge in [0, 0.05) is 68.5 Å². The molecule has 2 aliphatic heterocycles. The lowest BCUT2D eigenvalue weighted by molar-refractivity contribution is 0.0383. The number of fused-ring (bicyclic) bond motifs is 1. The molecule has 0 aliphatic carbocycles. The first-order valence-corrected chi connectivity index (χ1v) is 12.9. The van der Waals surface area contributed by atoms with E-state index in [2.05, 4.69) is 20.5 Å². The Bertz CT molecular complexity index is 963. The van der Waals surface area contributed by atoms with E-state index >= 15 is 0 Å². The van der Waals surface area contributed by atoms with Crippen LogP contribution in [0.5, 0.6) is 0 Å². The fraction of sp³-hybridized carbons (Fsp3) is 0.519. The predicted molar refractivity (Wildman–Crippen MR) is 137 cm³/mol. The van der Waals surface area contributed by atoms with Crippen molar-refractivity contribution in [2.45, 2.75) is 38.6 Å². The molecule has 0 radical (unpaired) electrons. The Morgan fingerprint density at radius 3 is 2.54 bits per heavy atom. The van der Waals surface area contributed by atoms with Gasteiger partial charge in [0.05, 0.1) is 13.2 Å². The molecule has 1 saturated heterocycles. The number of anilines is 1. The highest BCUT2D eigenvalue weighted by atomic mass is 16.5. The second-order valence-corrected chi connectivity index (χ2v) is 9.19. The van der Waals surface area contributed by atoms with Crippen LogP contribution >= 0.6 is 0 Å². The number of nitrogens with one attached hydrogen (secondary N) is 2. The number of nitrogens with zero attached hydrogens (tertiary/aromatic N) is 3. The van der Waals surface area contributed by atoms with E-state index in [1.54, 1.807) is 24.5 Å². The van der Waals surface area contributed by atoms with E-state index in [0.717, 1.165) is 69.9 Å². The Kier molecular flexibility index (Phi) is 9.63. The number of benzene rings is 1. The molecule has 0 atom stereocenters. The Hall–Kier alpha value is -2.81. The third-order valence-electron chi connectivity index (χ3n) is 6.67. The lowest BCUT2D eigenvalue weighted by Crippen LogP contribution is -2.41. The molecule has 2 aromatic rings. The maximum absolute atomic E-state index is 13.5. The summed E-state index contributed by atoms with van der Waals surface area (Å²) in [4.78, 5) is 34.6. The molecule has 4 rings (SSSR count). The Balaban J connectivity index is 1.52. The zero-order valence-electron chi connectivity index (χ0n) is 20.5. The molecule has 0 spiro atoms. The van der Waals surface area contributed by atoms with Crippen molar-refractivity contribution < 1.29 is 14.3 Å². The van der Waals surface area contributed by atoms with E-state index in [9.17, 15) is 9.59 Å². The fourth-order valence-corrected chi connectivity index (χ4v) is 4.64. The van der Waals surface area contributed by atoms with Crippen molar-refractivity contribution in [3.8, 4) is 0 Å². The molecule has 188 valence electrons. The molecule has 0 unspecified atom stereocenters. The second kappa shape index (κ2) is 13.3. The van der Waals surface area contributed by atoms with Crippen LogP contribution in [0.1, 0.15) is 58.4 Å². The number of ether oxygens (including phenoxy) is 1. The van der Waals surface area contributed by atoms with Crippen LogP contribution in [0.3, 0.4) is 0 Å². The largest absolute Gasteiger partial charge is 0.379 e. The minimum atomic E-state index is -0.0841. The van der Waals surface area contributed by atoms with Crippen LogP contribution in [-0.4, -0.2) is 74.2 Å². The highest BCUT2D eigenvalue weighted by molar-refractivity contribution is 6.06. The Morgan fingerprint density at radius 2 is 1.71 bits per heavy atom.